The Morgan fingerprint density at radius 2 is 2.33 bits per heavy atom. The summed E-state index contributed by atoms with van der Waals surface area (Å²) < 4.78 is 6.48. The predicted octanol–water partition coefficient (Wildman–Crippen LogP) is 2.17. The number of hydrogen-bond donors (Lipinski definition) is 2. The number of nitrogens with two attached hydrogens (primary N) is 1. The number of nitrogen functional groups attached to an aromatic ring is 1. The Morgan fingerprint density at radius 3 is 3.00 bits per heavy atom. The van der Waals surface area contributed by atoms with Crippen LogP contribution in [0.25, 0.3) is 0 Å². The molecule has 4 nitrogen and oxygen atoms in total. The van der Waals surface area contributed by atoms with Gasteiger partial charge in [0.1, 0.15) is 0 Å². The van der Waals surface area contributed by atoms with Crippen molar-refractivity contribution in [1.29, 1.82) is 0 Å². The quantitative estimate of drug-likeness (QED) is 0.639. The average Bonchev–Trinajstić information content (AvgIpc) is 2.80. The normalized spacial score (nSPS) is 18.8. The predicted molar refractivity (Wildman–Crippen MR) is 79.5 cm³/mol. The van der Waals surface area contributed by atoms with E-state index in [0.717, 1.165) is 29.4 Å². The van der Waals surface area contributed by atoms with E-state index in [0.29, 0.717) is 23.9 Å². The van der Waals surface area contributed by atoms with Crippen LogP contribution in [0.4, 0.5) is 5.69 Å². The van der Waals surface area contributed by atoms with Gasteiger partial charge < -0.3 is 15.8 Å². The summed E-state index contributed by atoms with van der Waals surface area (Å²) in [5.74, 6) is -0.0711. The van der Waals surface area contributed by atoms with Crippen LogP contribution in [0, 0.1) is 3.57 Å². The van der Waals surface area contributed by atoms with Crippen molar-refractivity contribution < 1.29 is 9.53 Å². The Bertz CT molecular complexity index is 411. The van der Waals surface area contributed by atoms with Crippen molar-refractivity contribution >= 4 is 34.2 Å². The molecule has 5 heteroatoms. The highest BCUT2D eigenvalue weighted by molar-refractivity contribution is 14.1. The largest absolute Gasteiger partial charge is 0.399 e. The molecular weight excluding hydrogens is 343 g/mol. The Morgan fingerprint density at radius 1 is 1.50 bits per heavy atom. The highest BCUT2D eigenvalue weighted by Crippen LogP contribution is 2.15. The van der Waals surface area contributed by atoms with Crippen molar-refractivity contribution in [3.8, 4) is 0 Å². The highest BCUT2D eigenvalue weighted by atomic mass is 127. The molecule has 1 aromatic carbocycles. The van der Waals surface area contributed by atoms with Crippen molar-refractivity contribution in [2.75, 3.05) is 18.9 Å². The summed E-state index contributed by atoms with van der Waals surface area (Å²) in [6.45, 7) is 1.50. The number of benzene rings is 1. The van der Waals surface area contributed by atoms with Gasteiger partial charge in [-0.1, -0.05) is 0 Å². The minimum atomic E-state index is -0.0711. The maximum atomic E-state index is 11.9. The van der Waals surface area contributed by atoms with E-state index in [2.05, 4.69) is 27.9 Å². The second kappa shape index (κ2) is 6.38. The monoisotopic (exact) mass is 360 g/mol. The standard InChI is InChI=1S/C13H17IN2O2/c14-10-6-9(7-11(15)8-10)13(17)16-4-3-12-2-1-5-18-12/h6-8,12H,1-5,15H2,(H,16,17). The second-order valence-corrected chi connectivity index (χ2v) is 5.70. The van der Waals surface area contributed by atoms with Crippen molar-refractivity contribution in [1.82, 2.24) is 5.32 Å². The number of anilines is 1. The minimum Gasteiger partial charge on any atom is -0.399 e. The number of rotatable bonds is 4. The Balaban J connectivity index is 1.83. The molecule has 0 aromatic heterocycles. The molecule has 1 heterocycles. The third kappa shape index (κ3) is 3.84. The third-order valence-corrected chi connectivity index (χ3v) is 3.58. The molecule has 1 unspecified atom stereocenters. The molecular formula is C13H17IN2O2. The minimum absolute atomic E-state index is 0.0711. The van der Waals surface area contributed by atoms with Gasteiger partial charge in [-0.2, -0.15) is 0 Å². The molecule has 0 radical (unpaired) electrons. The number of carbonyl (C=O) groups excluding carboxylic acids is 1. The summed E-state index contributed by atoms with van der Waals surface area (Å²) in [7, 11) is 0. The van der Waals surface area contributed by atoms with Crippen molar-refractivity contribution in [3.05, 3.63) is 27.3 Å². The molecule has 3 N–H and O–H groups in total. The van der Waals surface area contributed by atoms with Crippen LogP contribution < -0.4 is 11.1 Å². The van der Waals surface area contributed by atoms with E-state index >= 15 is 0 Å². The first-order chi connectivity index (χ1) is 8.65. The Kier molecular flexibility index (Phi) is 4.82. The van der Waals surface area contributed by atoms with E-state index in [9.17, 15) is 4.79 Å². The van der Waals surface area contributed by atoms with E-state index < -0.39 is 0 Å². The molecule has 98 valence electrons. The van der Waals surface area contributed by atoms with Crippen LogP contribution >= 0.6 is 22.6 Å². The van der Waals surface area contributed by atoms with E-state index in [1.165, 1.54) is 0 Å². The SMILES string of the molecule is Nc1cc(I)cc(C(=O)NCCC2CCCO2)c1. The van der Waals surface area contributed by atoms with Crippen LogP contribution in [0.2, 0.25) is 0 Å². The zero-order chi connectivity index (χ0) is 13.0. The lowest BCUT2D eigenvalue weighted by Crippen LogP contribution is -2.27. The van der Waals surface area contributed by atoms with Gasteiger partial charge in [0.2, 0.25) is 0 Å². The molecule has 1 amide bonds. The molecule has 1 aliphatic heterocycles. The number of nitrogens with one attached hydrogen (secondary N) is 1. The Labute approximate surface area is 120 Å². The summed E-state index contributed by atoms with van der Waals surface area (Å²) in [4.78, 5) is 11.9. The van der Waals surface area contributed by atoms with Crippen molar-refractivity contribution in [3.63, 3.8) is 0 Å². The van der Waals surface area contributed by atoms with Gasteiger partial charge >= 0.3 is 0 Å². The zero-order valence-corrected chi connectivity index (χ0v) is 12.3. The molecule has 0 aliphatic carbocycles. The van der Waals surface area contributed by atoms with Gasteiger partial charge in [-0.05, 0) is 60.1 Å². The summed E-state index contributed by atoms with van der Waals surface area (Å²) in [6.07, 6.45) is 3.43. The number of hydrogen-bond acceptors (Lipinski definition) is 3. The molecule has 18 heavy (non-hydrogen) atoms. The van der Waals surface area contributed by atoms with Crippen LogP contribution in [0.15, 0.2) is 18.2 Å². The van der Waals surface area contributed by atoms with Gasteiger partial charge in [0, 0.05) is 28.0 Å². The van der Waals surface area contributed by atoms with Gasteiger partial charge in [-0.3, -0.25) is 4.79 Å². The topological polar surface area (TPSA) is 64.4 Å². The molecule has 1 aromatic rings. The van der Waals surface area contributed by atoms with Gasteiger partial charge in [0.25, 0.3) is 5.91 Å². The fourth-order valence-corrected chi connectivity index (χ4v) is 2.76. The number of amides is 1. The molecule has 1 saturated heterocycles. The lowest BCUT2D eigenvalue weighted by molar-refractivity contribution is 0.0907. The zero-order valence-electron chi connectivity index (χ0n) is 10.1. The van der Waals surface area contributed by atoms with Crippen LogP contribution in [0.5, 0.6) is 0 Å². The molecule has 1 aliphatic rings. The molecule has 2 rings (SSSR count). The number of carbonyl (C=O) groups is 1. The number of ether oxygens (including phenoxy) is 1. The van der Waals surface area contributed by atoms with Crippen LogP contribution in [-0.4, -0.2) is 25.2 Å². The van der Waals surface area contributed by atoms with Gasteiger partial charge in [0.15, 0.2) is 0 Å². The molecule has 0 bridgehead atoms. The molecule has 1 atom stereocenters. The van der Waals surface area contributed by atoms with Crippen LogP contribution in [-0.2, 0) is 4.74 Å². The van der Waals surface area contributed by atoms with Gasteiger partial charge in [-0.25, -0.2) is 0 Å². The van der Waals surface area contributed by atoms with Crippen molar-refractivity contribution in [2.24, 2.45) is 0 Å². The first-order valence-corrected chi connectivity index (χ1v) is 7.19. The second-order valence-electron chi connectivity index (χ2n) is 4.45. The average molecular weight is 360 g/mol. The van der Waals surface area contributed by atoms with Crippen LogP contribution in [0.1, 0.15) is 29.6 Å². The fraction of sp³-hybridized carbons (Fsp3) is 0.462. The maximum Gasteiger partial charge on any atom is 0.251 e. The third-order valence-electron chi connectivity index (χ3n) is 2.96. The molecule has 0 spiro atoms. The van der Waals surface area contributed by atoms with E-state index in [4.69, 9.17) is 10.5 Å². The van der Waals surface area contributed by atoms with E-state index in [-0.39, 0.29) is 5.91 Å². The summed E-state index contributed by atoms with van der Waals surface area (Å²) in [6, 6.07) is 5.37. The first-order valence-electron chi connectivity index (χ1n) is 6.11. The van der Waals surface area contributed by atoms with E-state index in [1.807, 2.05) is 12.1 Å². The van der Waals surface area contributed by atoms with Gasteiger partial charge in [-0.15, -0.1) is 0 Å². The van der Waals surface area contributed by atoms with E-state index in [1.54, 1.807) is 6.07 Å². The smallest absolute Gasteiger partial charge is 0.251 e. The lowest BCUT2D eigenvalue weighted by atomic mass is 10.1. The fourth-order valence-electron chi connectivity index (χ4n) is 2.06. The van der Waals surface area contributed by atoms with Crippen LogP contribution in [0.3, 0.4) is 0 Å². The first kappa shape index (κ1) is 13.6. The van der Waals surface area contributed by atoms with Crippen molar-refractivity contribution in [2.45, 2.75) is 25.4 Å². The molecule has 0 saturated carbocycles. The highest BCUT2D eigenvalue weighted by Gasteiger charge is 2.15. The summed E-state index contributed by atoms with van der Waals surface area (Å²) >= 11 is 2.15. The summed E-state index contributed by atoms with van der Waals surface area (Å²) in [5.41, 5.74) is 6.95. The maximum absolute atomic E-state index is 11.9. The lowest BCUT2D eigenvalue weighted by Gasteiger charge is -2.10. The summed E-state index contributed by atoms with van der Waals surface area (Å²) in [5, 5.41) is 2.90. The Hall–Kier alpha value is -0.820. The number of halogens is 1. The molecule has 1 fully saturated rings. The van der Waals surface area contributed by atoms with Gasteiger partial charge in [0.05, 0.1) is 6.10 Å².